The SMILES string of the molecule is C[C@]1(c2ccccc2)NC(=O)N(NC(=O)CN2CCN(Cc3ccc4c(c3)OCO4)CC2)C1=O. The van der Waals surface area contributed by atoms with Gasteiger partial charge in [-0.2, -0.15) is 5.01 Å². The van der Waals surface area contributed by atoms with Gasteiger partial charge in [-0.1, -0.05) is 36.4 Å². The van der Waals surface area contributed by atoms with Gasteiger partial charge in [-0.25, -0.2) is 4.79 Å². The maximum Gasteiger partial charge on any atom is 0.344 e. The predicted octanol–water partition coefficient (Wildman–Crippen LogP) is 1.03. The van der Waals surface area contributed by atoms with Crippen molar-refractivity contribution in [1.29, 1.82) is 0 Å². The molecule has 0 saturated carbocycles. The molecule has 3 heterocycles. The minimum atomic E-state index is -1.22. The number of fused-ring (bicyclic) bond motifs is 1. The van der Waals surface area contributed by atoms with Crippen molar-refractivity contribution in [3.8, 4) is 11.5 Å². The Hall–Kier alpha value is -3.63. The molecule has 2 aromatic carbocycles. The monoisotopic (exact) mass is 465 g/mol. The Balaban J connectivity index is 1.11. The van der Waals surface area contributed by atoms with Gasteiger partial charge in [-0.3, -0.25) is 24.8 Å². The van der Waals surface area contributed by atoms with Crippen LogP contribution in [0.5, 0.6) is 11.5 Å². The van der Waals surface area contributed by atoms with Crippen LogP contribution in [0, 0.1) is 0 Å². The zero-order valence-corrected chi connectivity index (χ0v) is 19.0. The molecule has 2 N–H and O–H groups in total. The molecule has 3 aliphatic rings. The Labute approximate surface area is 197 Å². The molecule has 1 atom stereocenters. The molecule has 2 fully saturated rings. The Kier molecular flexibility index (Phi) is 5.84. The van der Waals surface area contributed by atoms with Crippen LogP contribution in [-0.2, 0) is 21.7 Å². The van der Waals surface area contributed by atoms with Crippen LogP contribution in [0.1, 0.15) is 18.1 Å². The molecule has 4 amide bonds. The van der Waals surface area contributed by atoms with Crippen molar-refractivity contribution in [3.05, 3.63) is 59.7 Å². The van der Waals surface area contributed by atoms with Crippen molar-refractivity contribution in [2.75, 3.05) is 39.5 Å². The summed E-state index contributed by atoms with van der Waals surface area (Å²) in [6, 6.07) is 14.3. The van der Waals surface area contributed by atoms with E-state index in [-0.39, 0.29) is 13.3 Å². The van der Waals surface area contributed by atoms with E-state index in [1.54, 1.807) is 31.2 Å². The number of benzene rings is 2. The van der Waals surface area contributed by atoms with Gasteiger partial charge in [0, 0.05) is 32.7 Å². The zero-order valence-electron chi connectivity index (χ0n) is 19.0. The number of piperazine rings is 1. The second-order valence-electron chi connectivity index (χ2n) is 8.84. The summed E-state index contributed by atoms with van der Waals surface area (Å²) >= 11 is 0. The average molecular weight is 466 g/mol. The maximum atomic E-state index is 12.9. The third-order valence-electron chi connectivity index (χ3n) is 6.45. The van der Waals surface area contributed by atoms with E-state index >= 15 is 0 Å². The molecule has 34 heavy (non-hydrogen) atoms. The van der Waals surface area contributed by atoms with Crippen LogP contribution in [0.2, 0.25) is 0 Å². The van der Waals surface area contributed by atoms with E-state index in [1.165, 1.54) is 0 Å². The van der Waals surface area contributed by atoms with Crippen LogP contribution in [0.3, 0.4) is 0 Å². The molecule has 0 aliphatic carbocycles. The first kappa shape index (κ1) is 22.2. The number of amides is 4. The average Bonchev–Trinajstić information content (AvgIpc) is 3.39. The van der Waals surface area contributed by atoms with E-state index in [2.05, 4.69) is 15.6 Å². The van der Waals surface area contributed by atoms with E-state index in [1.807, 2.05) is 29.2 Å². The highest BCUT2D eigenvalue weighted by Gasteiger charge is 2.50. The fourth-order valence-corrected chi connectivity index (χ4v) is 4.47. The standard InChI is InChI=1S/C24H27N5O5/c1-24(18-5-3-2-4-6-18)22(31)29(23(32)25-24)26-21(30)15-28-11-9-27(10-12-28)14-17-7-8-19-20(13-17)34-16-33-19/h2-8,13H,9-12,14-16H2,1H3,(H,25,32)(H,26,30)/t24-/m1/s1. The summed E-state index contributed by atoms with van der Waals surface area (Å²) in [5, 5.41) is 3.47. The molecular weight excluding hydrogens is 438 g/mol. The zero-order chi connectivity index (χ0) is 23.7. The first-order valence-electron chi connectivity index (χ1n) is 11.3. The summed E-state index contributed by atoms with van der Waals surface area (Å²) in [6.07, 6.45) is 0. The lowest BCUT2D eigenvalue weighted by molar-refractivity contribution is -0.139. The van der Waals surface area contributed by atoms with E-state index < -0.39 is 23.4 Å². The van der Waals surface area contributed by atoms with Crippen molar-refractivity contribution in [3.63, 3.8) is 0 Å². The van der Waals surface area contributed by atoms with Crippen LogP contribution in [0.15, 0.2) is 48.5 Å². The van der Waals surface area contributed by atoms with Crippen LogP contribution < -0.4 is 20.2 Å². The van der Waals surface area contributed by atoms with Gasteiger partial charge in [0.1, 0.15) is 5.54 Å². The summed E-state index contributed by atoms with van der Waals surface area (Å²) in [5.74, 6) is 0.640. The largest absolute Gasteiger partial charge is 0.454 e. The van der Waals surface area contributed by atoms with Crippen LogP contribution in [0.4, 0.5) is 4.79 Å². The van der Waals surface area contributed by atoms with Gasteiger partial charge in [-0.05, 0) is 30.2 Å². The molecule has 2 aromatic rings. The number of carbonyl (C=O) groups excluding carboxylic acids is 3. The number of rotatable bonds is 6. The minimum absolute atomic E-state index is 0.108. The number of hydrogen-bond donors (Lipinski definition) is 2. The van der Waals surface area contributed by atoms with Gasteiger partial charge >= 0.3 is 6.03 Å². The highest BCUT2D eigenvalue weighted by Crippen LogP contribution is 2.33. The Morgan fingerprint density at radius 1 is 1.00 bits per heavy atom. The second-order valence-corrected chi connectivity index (χ2v) is 8.84. The molecule has 178 valence electrons. The minimum Gasteiger partial charge on any atom is -0.454 e. The molecule has 5 rings (SSSR count). The molecule has 10 nitrogen and oxygen atoms in total. The number of imide groups is 1. The molecule has 3 aliphatic heterocycles. The van der Waals surface area contributed by atoms with Gasteiger partial charge in [0.2, 0.25) is 6.79 Å². The van der Waals surface area contributed by atoms with Crippen LogP contribution in [0.25, 0.3) is 0 Å². The summed E-state index contributed by atoms with van der Waals surface area (Å²) < 4.78 is 10.8. The number of ether oxygens (including phenoxy) is 2. The summed E-state index contributed by atoms with van der Waals surface area (Å²) in [5.41, 5.74) is 3.07. The van der Waals surface area contributed by atoms with Crippen molar-refractivity contribution in [1.82, 2.24) is 25.6 Å². The molecule has 0 unspecified atom stereocenters. The number of hydrogen-bond acceptors (Lipinski definition) is 7. The highest BCUT2D eigenvalue weighted by atomic mass is 16.7. The van der Waals surface area contributed by atoms with Crippen molar-refractivity contribution < 1.29 is 23.9 Å². The number of carbonyl (C=O) groups is 3. The third kappa shape index (κ3) is 4.29. The summed E-state index contributed by atoms with van der Waals surface area (Å²) in [6.45, 7) is 5.81. The normalized spacial score (nSPS) is 22.7. The molecule has 2 saturated heterocycles. The Morgan fingerprint density at radius 3 is 2.47 bits per heavy atom. The molecule has 10 heteroatoms. The van der Waals surface area contributed by atoms with Crippen LogP contribution in [-0.4, -0.2) is 72.2 Å². The smallest absolute Gasteiger partial charge is 0.344 e. The predicted molar refractivity (Wildman–Crippen MR) is 122 cm³/mol. The van der Waals surface area contributed by atoms with E-state index in [9.17, 15) is 14.4 Å². The second kappa shape index (κ2) is 8.96. The van der Waals surface area contributed by atoms with E-state index in [4.69, 9.17) is 9.47 Å². The summed E-state index contributed by atoms with van der Waals surface area (Å²) in [4.78, 5) is 42.3. The molecular formula is C24H27N5O5. The Morgan fingerprint density at radius 2 is 1.71 bits per heavy atom. The first-order chi connectivity index (χ1) is 16.4. The number of nitrogens with zero attached hydrogens (tertiary/aromatic N) is 3. The van der Waals surface area contributed by atoms with Crippen molar-refractivity contribution in [2.24, 2.45) is 0 Å². The summed E-state index contributed by atoms with van der Waals surface area (Å²) in [7, 11) is 0. The number of hydrazine groups is 1. The third-order valence-corrected chi connectivity index (χ3v) is 6.45. The van der Waals surface area contributed by atoms with Gasteiger partial charge in [0.25, 0.3) is 11.8 Å². The van der Waals surface area contributed by atoms with Gasteiger partial charge in [0.15, 0.2) is 11.5 Å². The highest BCUT2D eigenvalue weighted by molar-refractivity contribution is 6.08. The van der Waals surface area contributed by atoms with Gasteiger partial charge in [-0.15, -0.1) is 0 Å². The lowest BCUT2D eigenvalue weighted by atomic mass is 9.92. The number of nitrogens with one attached hydrogen (secondary N) is 2. The van der Waals surface area contributed by atoms with E-state index in [0.717, 1.165) is 41.7 Å². The lowest BCUT2D eigenvalue weighted by Crippen LogP contribution is -2.53. The van der Waals surface area contributed by atoms with Crippen LogP contribution >= 0.6 is 0 Å². The fourth-order valence-electron chi connectivity index (χ4n) is 4.47. The van der Waals surface area contributed by atoms with Gasteiger partial charge < -0.3 is 14.8 Å². The quantitative estimate of drug-likeness (QED) is 0.615. The molecule has 0 bridgehead atoms. The first-order valence-corrected chi connectivity index (χ1v) is 11.3. The fraction of sp³-hybridized carbons (Fsp3) is 0.375. The molecule has 0 spiro atoms. The van der Waals surface area contributed by atoms with Crippen molar-refractivity contribution in [2.45, 2.75) is 19.0 Å². The lowest BCUT2D eigenvalue weighted by Gasteiger charge is -2.34. The van der Waals surface area contributed by atoms with Gasteiger partial charge in [0.05, 0.1) is 6.54 Å². The van der Waals surface area contributed by atoms with Crippen molar-refractivity contribution >= 4 is 17.8 Å². The van der Waals surface area contributed by atoms with E-state index in [0.29, 0.717) is 18.7 Å². The topological polar surface area (TPSA) is 103 Å². The maximum absolute atomic E-state index is 12.9. The molecule has 0 radical (unpaired) electrons. The molecule has 0 aromatic heterocycles. The Bertz CT molecular complexity index is 1100. The number of urea groups is 1.